The second-order valence-corrected chi connectivity index (χ2v) is 7.36. The van der Waals surface area contributed by atoms with Gasteiger partial charge < -0.3 is 9.88 Å². The molecule has 0 aliphatic carbocycles. The van der Waals surface area contributed by atoms with E-state index in [-0.39, 0.29) is 12.0 Å². The monoisotopic (exact) mass is 392 g/mol. The van der Waals surface area contributed by atoms with E-state index in [9.17, 15) is 13.2 Å². The van der Waals surface area contributed by atoms with Gasteiger partial charge in [0.2, 0.25) is 0 Å². The van der Waals surface area contributed by atoms with E-state index in [1.54, 1.807) is 0 Å². The standard InChI is InChI=1S/C21H20ClF3N2/c1-2-27-12-17(14-5-3-4-6-19(14)27)15-9-10-26-20(15)16-11-13(21(23,24)25)7-8-18(16)22/h3-8,11-12,15,20,26H,2,9-10H2,1H3. The van der Waals surface area contributed by atoms with Crippen LogP contribution in [0.5, 0.6) is 0 Å². The average Bonchev–Trinajstić information content (AvgIpc) is 3.25. The third-order valence-electron chi connectivity index (χ3n) is 5.44. The van der Waals surface area contributed by atoms with E-state index in [0.717, 1.165) is 42.0 Å². The number of aryl methyl sites for hydroxylation is 1. The van der Waals surface area contributed by atoms with Crippen LogP contribution in [0.1, 0.15) is 42.0 Å². The highest BCUT2D eigenvalue weighted by atomic mass is 35.5. The van der Waals surface area contributed by atoms with Crippen LogP contribution in [0.2, 0.25) is 5.02 Å². The normalized spacial score (nSPS) is 20.5. The van der Waals surface area contributed by atoms with Gasteiger partial charge in [0.15, 0.2) is 0 Å². The zero-order chi connectivity index (χ0) is 19.2. The van der Waals surface area contributed by atoms with Crippen LogP contribution in [0.4, 0.5) is 13.2 Å². The minimum Gasteiger partial charge on any atom is -0.347 e. The third kappa shape index (κ3) is 3.23. The Hall–Kier alpha value is -1.98. The van der Waals surface area contributed by atoms with Gasteiger partial charge in [-0.1, -0.05) is 29.8 Å². The molecular weight excluding hydrogens is 373 g/mol. The highest BCUT2D eigenvalue weighted by Gasteiger charge is 2.36. The Kier molecular flexibility index (Phi) is 4.68. The number of para-hydroxylation sites is 1. The van der Waals surface area contributed by atoms with E-state index < -0.39 is 11.7 Å². The Morgan fingerprint density at radius 2 is 1.93 bits per heavy atom. The number of benzene rings is 2. The van der Waals surface area contributed by atoms with Gasteiger partial charge in [-0.15, -0.1) is 0 Å². The summed E-state index contributed by atoms with van der Waals surface area (Å²) in [4.78, 5) is 0. The number of hydrogen-bond donors (Lipinski definition) is 1. The molecule has 2 heterocycles. The van der Waals surface area contributed by atoms with Crippen molar-refractivity contribution in [2.75, 3.05) is 6.54 Å². The van der Waals surface area contributed by atoms with E-state index in [1.807, 2.05) is 12.1 Å². The summed E-state index contributed by atoms with van der Waals surface area (Å²) in [5.41, 5.74) is 2.17. The maximum absolute atomic E-state index is 13.2. The number of nitrogens with one attached hydrogen (secondary N) is 1. The molecule has 2 nitrogen and oxygen atoms in total. The lowest BCUT2D eigenvalue weighted by Gasteiger charge is -2.22. The first kappa shape index (κ1) is 18.4. The summed E-state index contributed by atoms with van der Waals surface area (Å²) >= 11 is 6.32. The fourth-order valence-electron chi connectivity index (χ4n) is 4.16. The summed E-state index contributed by atoms with van der Waals surface area (Å²) in [6.45, 7) is 3.67. The van der Waals surface area contributed by atoms with Gasteiger partial charge in [0, 0.05) is 40.6 Å². The largest absolute Gasteiger partial charge is 0.416 e. The minimum absolute atomic E-state index is 0.0729. The summed E-state index contributed by atoms with van der Waals surface area (Å²) in [5, 5.41) is 4.89. The first-order valence-corrected chi connectivity index (χ1v) is 9.45. The van der Waals surface area contributed by atoms with Gasteiger partial charge in [-0.2, -0.15) is 13.2 Å². The molecule has 142 valence electrons. The third-order valence-corrected chi connectivity index (χ3v) is 5.78. The first-order chi connectivity index (χ1) is 12.9. The second-order valence-electron chi connectivity index (χ2n) is 6.95. The lowest BCUT2D eigenvalue weighted by Crippen LogP contribution is -2.18. The van der Waals surface area contributed by atoms with E-state index >= 15 is 0 Å². The molecule has 1 fully saturated rings. The van der Waals surface area contributed by atoms with Crippen molar-refractivity contribution in [3.8, 4) is 0 Å². The highest BCUT2D eigenvalue weighted by Crippen LogP contribution is 2.44. The maximum Gasteiger partial charge on any atom is 0.416 e. The Morgan fingerprint density at radius 1 is 1.15 bits per heavy atom. The molecule has 1 aliphatic heterocycles. The molecule has 2 aromatic carbocycles. The molecule has 1 aliphatic rings. The molecule has 27 heavy (non-hydrogen) atoms. The van der Waals surface area contributed by atoms with Crippen LogP contribution in [-0.2, 0) is 12.7 Å². The Balaban J connectivity index is 1.81. The summed E-state index contributed by atoms with van der Waals surface area (Å²) in [7, 11) is 0. The molecular formula is C21H20ClF3N2. The lowest BCUT2D eigenvalue weighted by molar-refractivity contribution is -0.137. The molecule has 6 heteroatoms. The molecule has 0 saturated carbocycles. The van der Waals surface area contributed by atoms with Crippen LogP contribution in [-0.4, -0.2) is 11.1 Å². The number of hydrogen-bond acceptors (Lipinski definition) is 1. The number of nitrogens with zero attached hydrogens (tertiary/aromatic N) is 1. The maximum atomic E-state index is 13.2. The van der Waals surface area contributed by atoms with E-state index in [4.69, 9.17) is 11.6 Å². The van der Waals surface area contributed by atoms with Gasteiger partial charge in [0.25, 0.3) is 0 Å². The van der Waals surface area contributed by atoms with Crippen molar-refractivity contribution in [2.24, 2.45) is 0 Å². The predicted molar refractivity (Wildman–Crippen MR) is 102 cm³/mol. The van der Waals surface area contributed by atoms with E-state index in [1.165, 1.54) is 12.1 Å². The van der Waals surface area contributed by atoms with E-state index in [2.05, 4.69) is 35.1 Å². The highest BCUT2D eigenvalue weighted by molar-refractivity contribution is 6.31. The van der Waals surface area contributed by atoms with Gasteiger partial charge in [0.1, 0.15) is 0 Å². The van der Waals surface area contributed by atoms with Crippen LogP contribution in [0, 0.1) is 0 Å². The number of aromatic nitrogens is 1. The van der Waals surface area contributed by atoms with Crippen molar-refractivity contribution in [1.29, 1.82) is 0 Å². The van der Waals surface area contributed by atoms with Crippen molar-refractivity contribution >= 4 is 22.5 Å². The van der Waals surface area contributed by atoms with E-state index in [0.29, 0.717) is 10.6 Å². The first-order valence-electron chi connectivity index (χ1n) is 9.08. The van der Waals surface area contributed by atoms with Crippen molar-refractivity contribution in [1.82, 2.24) is 9.88 Å². The van der Waals surface area contributed by atoms with Crippen LogP contribution in [0.3, 0.4) is 0 Å². The fraction of sp³-hybridized carbons (Fsp3) is 0.333. The molecule has 3 aromatic rings. The number of rotatable bonds is 3. The molecule has 0 bridgehead atoms. The van der Waals surface area contributed by atoms with Crippen molar-refractivity contribution in [3.05, 3.63) is 70.4 Å². The van der Waals surface area contributed by atoms with Crippen LogP contribution in [0.15, 0.2) is 48.7 Å². The zero-order valence-corrected chi connectivity index (χ0v) is 15.6. The SMILES string of the molecule is CCn1cc(C2CCNC2c2cc(C(F)(F)F)ccc2Cl)c2ccccc21. The van der Waals surface area contributed by atoms with Gasteiger partial charge >= 0.3 is 6.18 Å². The number of fused-ring (bicyclic) bond motifs is 1. The van der Waals surface area contributed by atoms with Crippen LogP contribution >= 0.6 is 11.6 Å². The van der Waals surface area contributed by atoms with Gasteiger partial charge in [-0.05, 0) is 55.3 Å². The Labute approximate surface area is 160 Å². The molecule has 2 unspecified atom stereocenters. The molecule has 0 amide bonds. The molecule has 1 saturated heterocycles. The van der Waals surface area contributed by atoms with Gasteiger partial charge in [-0.3, -0.25) is 0 Å². The molecule has 0 spiro atoms. The molecule has 1 aromatic heterocycles. The Bertz CT molecular complexity index is 977. The average molecular weight is 393 g/mol. The lowest BCUT2D eigenvalue weighted by atomic mass is 9.87. The topological polar surface area (TPSA) is 17.0 Å². The number of halogens is 4. The van der Waals surface area contributed by atoms with Crippen molar-refractivity contribution < 1.29 is 13.2 Å². The molecule has 1 N–H and O–H groups in total. The van der Waals surface area contributed by atoms with Gasteiger partial charge in [-0.25, -0.2) is 0 Å². The summed E-state index contributed by atoms with van der Waals surface area (Å²) in [6.07, 6.45) is -1.39. The van der Waals surface area contributed by atoms with Crippen molar-refractivity contribution in [2.45, 2.75) is 38.0 Å². The van der Waals surface area contributed by atoms with Gasteiger partial charge in [0.05, 0.1) is 5.56 Å². The molecule has 4 rings (SSSR count). The zero-order valence-electron chi connectivity index (χ0n) is 14.9. The van der Waals surface area contributed by atoms with Crippen molar-refractivity contribution in [3.63, 3.8) is 0 Å². The quantitative estimate of drug-likeness (QED) is 0.565. The van der Waals surface area contributed by atoms with Crippen LogP contribution in [0.25, 0.3) is 10.9 Å². The Morgan fingerprint density at radius 3 is 2.67 bits per heavy atom. The smallest absolute Gasteiger partial charge is 0.347 e. The molecule has 2 atom stereocenters. The number of alkyl halides is 3. The second kappa shape index (κ2) is 6.88. The summed E-state index contributed by atoms with van der Waals surface area (Å²) < 4.78 is 41.8. The summed E-state index contributed by atoms with van der Waals surface area (Å²) in [5.74, 6) is 0.0729. The van der Waals surface area contributed by atoms with Crippen LogP contribution < -0.4 is 5.32 Å². The summed E-state index contributed by atoms with van der Waals surface area (Å²) in [6, 6.07) is 11.5. The molecule has 0 radical (unpaired) electrons. The minimum atomic E-state index is -4.38. The predicted octanol–water partition coefficient (Wildman–Crippen LogP) is 6.15. The fourth-order valence-corrected chi connectivity index (χ4v) is 4.39.